The fourth-order valence-electron chi connectivity index (χ4n) is 2.31. The minimum atomic E-state index is 0.441. The quantitative estimate of drug-likeness (QED) is 0.875. The Labute approximate surface area is 113 Å². The van der Waals surface area contributed by atoms with Gasteiger partial charge in [0.2, 0.25) is 0 Å². The fraction of sp³-hybridized carbons (Fsp3) is 0.538. The van der Waals surface area contributed by atoms with Gasteiger partial charge < -0.3 is 10.6 Å². The molecule has 1 heterocycles. The molecule has 17 heavy (non-hydrogen) atoms. The lowest BCUT2D eigenvalue weighted by Crippen LogP contribution is -2.36. The molecule has 1 atom stereocenters. The van der Waals surface area contributed by atoms with E-state index < -0.39 is 0 Å². The van der Waals surface area contributed by atoms with Crippen molar-refractivity contribution in [1.29, 1.82) is 0 Å². The van der Waals surface area contributed by atoms with Crippen LogP contribution in [0, 0.1) is 5.92 Å². The topological polar surface area (TPSA) is 24.1 Å². The fourth-order valence-corrected chi connectivity index (χ4v) is 2.78. The molecular formula is C13H18Cl2N2. The number of hydrogen-bond acceptors (Lipinski definition) is 2. The van der Waals surface area contributed by atoms with E-state index >= 15 is 0 Å². The molecule has 1 aromatic rings. The van der Waals surface area contributed by atoms with Crippen molar-refractivity contribution in [2.45, 2.75) is 25.8 Å². The number of nitrogens with one attached hydrogen (secondary N) is 2. The molecule has 4 heteroatoms. The van der Waals surface area contributed by atoms with E-state index in [4.69, 9.17) is 23.2 Å². The second-order valence-electron chi connectivity index (χ2n) is 4.64. The summed E-state index contributed by atoms with van der Waals surface area (Å²) in [5.74, 6) is 0.711. The Morgan fingerprint density at radius 3 is 2.65 bits per heavy atom. The summed E-state index contributed by atoms with van der Waals surface area (Å²) < 4.78 is 0. The predicted molar refractivity (Wildman–Crippen MR) is 75.1 cm³/mol. The highest BCUT2D eigenvalue weighted by Gasteiger charge is 2.20. The summed E-state index contributed by atoms with van der Waals surface area (Å²) in [6, 6.07) is 6.03. The van der Waals surface area contributed by atoms with Gasteiger partial charge in [-0.15, -0.1) is 0 Å². The average Bonchev–Trinajstić information content (AvgIpc) is 2.34. The largest absolute Gasteiger partial charge is 0.381 e. The van der Waals surface area contributed by atoms with Gasteiger partial charge >= 0.3 is 0 Å². The number of piperidine rings is 1. The highest BCUT2D eigenvalue weighted by Crippen LogP contribution is 2.28. The van der Waals surface area contributed by atoms with Crippen LogP contribution < -0.4 is 10.6 Å². The van der Waals surface area contributed by atoms with Crippen LogP contribution in [-0.4, -0.2) is 19.1 Å². The Kier molecular flexibility index (Phi) is 4.55. The smallest absolute Gasteiger partial charge is 0.0652 e. The summed E-state index contributed by atoms with van der Waals surface area (Å²) >= 11 is 12.0. The monoisotopic (exact) mass is 272 g/mol. The Morgan fingerprint density at radius 2 is 2.00 bits per heavy atom. The summed E-state index contributed by atoms with van der Waals surface area (Å²) in [5, 5.41) is 8.24. The first-order chi connectivity index (χ1) is 8.16. The standard InChI is InChI=1S/C13H18Cl2N2/c1-9(10-4-6-16-7-5-10)17-13-3-2-11(14)8-12(13)15/h2-3,8-10,16-17H,4-7H2,1H3. The zero-order valence-electron chi connectivity index (χ0n) is 9.97. The second kappa shape index (κ2) is 5.94. The van der Waals surface area contributed by atoms with Gasteiger partial charge in [0.25, 0.3) is 0 Å². The van der Waals surface area contributed by atoms with Crippen molar-refractivity contribution in [2.75, 3.05) is 18.4 Å². The van der Waals surface area contributed by atoms with Crippen molar-refractivity contribution < 1.29 is 0 Å². The molecule has 2 N–H and O–H groups in total. The van der Waals surface area contributed by atoms with Crippen LogP contribution in [0.2, 0.25) is 10.0 Å². The van der Waals surface area contributed by atoms with E-state index in [1.165, 1.54) is 12.8 Å². The van der Waals surface area contributed by atoms with Crippen LogP contribution in [0.3, 0.4) is 0 Å². The first-order valence-corrected chi connectivity index (χ1v) is 6.84. The van der Waals surface area contributed by atoms with Crippen molar-refractivity contribution in [3.05, 3.63) is 28.2 Å². The maximum Gasteiger partial charge on any atom is 0.0652 e. The van der Waals surface area contributed by atoms with Gasteiger partial charge in [-0.25, -0.2) is 0 Å². The van der Waals surface area contributed by atoms with E-state index in [0.29, 0.717) is 22.0 Å². The molecule has 1 aliphatic heterocycles. The van der Waals surface area contributed by atoms with E-state index in [0.717, 1.165) is 18.8 Å². The molecule has 94 valence electrons. The molecule has 1 unspecified atom stereocenters. The molecule has 0 radical (unpaired) electrons. The maximum atomic E-state index is 6.15. The van der Waals surface area contributed by atoms with Crippen molar-refractivity contribution >= 4 is 28.9 Å². The molecule has 1 aromatic carbocycles. The van der Waals surface area contributed by atoms with Crippen molar-refractivity contribution in [3.8, 4) is 0 Å². The number of benzene rings is 1. The van der Waals surface area contributed by atoms with Gasteiger partial charge in [-0.1, -0.05) is 23.2 Å². The Balaban J connectivity index is 1.99. The molecule has 0 aliphatic carbocycles. The third-order valence-corrected chi connectivity index (χ3v) is 3.95. The normalized spacial score (nSPS) is 19.0. The first-order valence-electron chi connectivity index (χ1n) is 6.09. The van der Waals surface area contributed by atoms with Gasteiger partial charge in [0.1, 0.15) is 0 Å². The van der Waals surface area contributed by atoms with Crippen LogP contribution in [0.5, 0.6) is 0 Å². The first kappa shape index (κ1) is 13.0. The van der Waals surface area contributed by atoms with E-state index in [9.17, 15) is 0 Å². The molecule has 0 saturated carbocycles. The van der Waals surface area contributed by atoms with E-state index in [2.05, 4.69) is 17.6 Å². The minimum Gasteiger partial charge on any atom is -0.381 e. The molecule has 0 spiro atoms. The average molecular weight is 273 g/mol. The summed E-state index contributed by atoms with van der Waals surface area (Å²) in [6.45, 7) is 4.46. The van der Waals surface area contributed by atoms with Crippen LogP contribution in [0.1, 0.15) is 19.8 Å². The van der Waals surface area contributed by atoms with Crippen LogP contribution >= 0.6 is 23.2 Å². The minimum absolute atomic E-state index is 0.441. The third kappa shape index (κ3) is 3.51. The summed E-state index contributed by atoms with van der Waals surface area (Å²) in [5.41, 5.74) is 0.974. The zero-order chi connectivity index (χ0) is 12.3. The Morgan fingerprint density at radius 1 is 1.29 bits per heavy atom. The molecular weight excluding hydrogens is 255 g/mol. The van der Waals surface area contributed by atoms with Gasteiger partial charge in [-0.2, -0.15) is 0 Å². The molecule has 1 aliphatic rings. The van der Waals surface area contributed by atoms with Gasteiger partial charge in [0.05, 0.1) is 10.7 Å². The number of halogens is 2. The van der Waals surface area contributed by atoms with Gasteiger partial charge in [-0.3, -0.25) is 0 Å². The zero-order valence-corrected chi connectivity index (χ0v) is 11.5. The van der Waals surface area contributed by atoms with Crippen LogP contribution in [-0.2, 0) is 0 Å². The lowest BCUT2D eigenvalue weighted by molar-refractivity contribution is 0.343. The van der Waals surface area contributed by atoms with E-state index in [1.807, 2.05) is 12.1 Å². The second-order valence-corrected chi connectivity index (χ2v) is 5.49. The van der Waals surface area contributed by atoms with E-state index in [1.54, 1.807) is 6.07 Å². The van der Waals surface area contributed by atoms with Crippen molar-refractivity contribution in [2.24, 2.45) is 5.92 Å². The predicted octanol–water partition coefficient (Wildman–Crippen LogP) is 3.79. The van der Waals surface area contributed by atoms with Crippen molar-refractivity contribution in [1.82, 2.24) is 5.32 Å². The molecule has 1 fully saturated rings. The van der Waals surface area contributed by atoms with Gasteiger partial charge in [0, 0.05) is 11.1 Å². The molecule has 0 amide bonds. The molecule has 2 rings (SSSR count). The van der Waals surface area contributed by atoms with Gasteiger partial charge in [-0.05, 0) is 57.0 Å². The highest BCUT2D eigenvalue weighted by molar-refractivity contribution is 6.36. The lowest BCUT2D eigenvalue weighted by Gasteiger charge is -2.29. The SMILES string of the molecule is CC(Nc1ccc(Cl)cc1Cl)C1CCNCC1. The van der Waals surface area contributed by atoms with Crippen LogP contribution in [0.4, 0.5) is 5.69 Å². The number of rotatable bonds is 3. The molecule has 1 saturated heterocycles. The lowest BCUT2D eigenvalue weighted by atomic mass is 9.91. The third-order valence-electron chi connectivity index (χ3n) is 3.41. The van der Waals surface area contributed by atoms with E-state index in [-0.39, 0.29) is 0 Å². The molecule has 0 aromatic heterocycles. The Hall–Kier alpha value is -0.440. The Bertz CT molecular complexity index is 376. The molecule has 0 bridgehead atoms. The number of anilines is 1. The summed E-state index contributed by atoms with van der Waals surface area (Å²) in [7, 11) is 0. The van der Waals surface area contributed by atoms with Crippen LogP contribution in [0.15, 0.2) is 18.2 Å². The van der Waals surface area contributed by atoms with Crippen LogP contribution in [0.25, 0.3) is 0 Å². The summed E-state index contributed by atoms with van der Waals surface area (Å²) in [4.78, 5) is 0. The summed E-state index contributed by atoms with van der Waals surface area (Å²) in [6.07, 6.45) is 2.44. The molecule has 2 nitrogen and oxygen atoms in total. The van der Waals surface area contributed by atoms with Crippen molar-refractivity contribution in [3.63, 3.8) is 0 Å². The number of hydrogen-bond donors (Lipinski definition) is 2. The highest BCUT2D eigenvalue weighted by atomic mass is 35.5. The maximum absolute atomic E-state index is 6.15. The van der Waals surface area contributed by atoms with Gasteiger partial charge in [0.15, 0.2) is 0 Å².